The molecule has 1 fully saturated rings. The number of benzene rings is 2. The maximum absolute atomic E-state index is 13.2. The van der Waals surface area contributed by atoms with Gasteiger partial charge >= 0.3 is 0 Å². The first-order valence-corrected chi connectivity index (χ1v) is 11.6. The molecule has 29 heavy (non-hydrogen) atoms. The predicted octanol–water partition coefficient (Wildman–Crippen LogP) is 3.89. The van der Waals surface area contributed by atoms with Crippen LogP contribution in [-0.2, 0) is 14.8 Å². The molecular weight excluding hydrogens is 384 g/mol. The average molecular weight is 415 g/mol. The Bertz CT molecular complexity index is 955. The van der Waals surface area contributed by atoms with Crippen molar-refractivity contribution in [2.75, 3.05) is 13.1 Å². The molecule has 0 aliphatic carbocycles. The quantitative estimate of drug-likeness (QED) is 0.807. The molecule has 2 aromatic carbocycles. The van der Waals surface area contributed by atoms with Crippen molar-refractivity contribution in [2.45, 2.75) is 51.5 Å². The molecule has 0 aromatic heterocycles. The van der Waals surface area contributed by atoms with E-state index in [1.807, 2.05) is 70.2 Å². The fraction of sp³-hybridized carbons (Fsp3) is 0.435. The van der Waals surface area contributed by atoms with E-state index < -0.39 is 10.0 Å². The molecule has 1 aliphatic heterocycles. The lowest BCUT2D eigenvalue weighted by Gasteiger charge is -2.32. The number of nitrogens with one attached hydrogen (secondary N) is 1. The van der Waals surface area contributed by atoms with Crippen molar-refractivity contribution in [1.29, 1.82) is 0 Å². The predicted molar refractivity (Wildman–Crippen MR) is 115 cm³/mol. The fourth-order valence-corrected chi connectivity index (χ4v) is 6.10. The van der Waals surface area contributed by atoms with E-state index in [9.17, 15) is 13.2 Å². The lowest BCUT2D eigenvalue weighted by atomic mass is 9.96. The van der Waals surface area contributed by atoms with E-state index in [1.54, 1.807) is 0 Å². The minimum Gasteiger partial charge on any atom is -0.349 e. The van der Waals surface area contributed by atoms with Gasteiger partial charge in [-0.05, 0) is 57.2 Å². The monoisotopic (exact) mass is 414 g/mol. The van der Waals surface area contributed by atoms with Gasteiger partial charge < -0.3 is 5.32 Å². The Morgan fingerprint density at radius 1 is 1.03 bits per heavy atom. The smallest absolute Gasteiger partial charge is 0.243 e. The Morgan fingerprint density at radius 3 is 2.14 bits per heavy atom. The number of carbonyl (C=O) groups excluding carboxylic acids is 1. The van der Waals surface area contributed by atoms with E-state index in [0.717, 1.165) is 22.3 Å². The highest BCUT2D eigenvalue weighted by atomic mass is 32.2. The van der Waals surface area contributed by atoms with Crippen molar-refractivity contribution in [2.24, 2.45) is 5.92 Å². The van der Waals surface area contributed by atoms with Crippen molar-refractivity contribution in [1.82, 2.24) is 9.62 Å². The van der Waals surface area contributed by atoms with Crippen LogP contribution in [0.5, 0.6) is 0 Å². The second-order valence-corrected chi connectivity index (χ2v) is 9.92. The lowest BCUT2D eigenvalue weighted by Crippen LogP contribution is -2.43. The standard InChI is InChI=1S/C23H30N2O3S/c1-16-14-17(2)22(18(3)15-16)29(27,28)25-12-10-21(11-13-25)23(26)24-19(4)20-8-6-5-7-9-20/h5-9,14-15,19,21H,10-13H2,1-4H3,(H,24,26)/t19-/m0/s1. The van der Waals surface area contributed by atoms with Gasteiger partial charge in [0.25, 0.3) is 0 Å². The molecule has 1 amide bonds. The van der Waals surface area contributed by atoms with Crippen LogP contribution in [0.2, 0.25) is 0 Å². The van der Waals surface area contributed by atoms with Crippen LogP contribution < -0.4 is 5.32 Å². The summed E-state index contributed by atoms with van der Waals surface area (Å²) in [4.78, 5) is 13.1. The van der Waals surface area contributed by atoms with Crippen molar-refractivity contribution in [3.8, 4) is 0 Å². The number of carbonyl (C=O) groups is 1. The molecule has 2 aromatic rings. The normalized spacial score (nSPS) is 17.1. The van der Waals surface area contributed by atoms with E-state index in [4.69, 9.17) is 0 Å². The molecule has 3 rings (SSSR count). The Kier molecular flexibility index (Phi) is 6.44. The number of aryl methyl sites for hydroxylation is 3. The summed E-state index contributed by atoms with van der Waals surface area (Å²) < 4.78 is 27.9. The van der Waals surface area contributed by atoms with Gasteiger partial charge in [0.15, 0.2) is 0 Å². The first-order valence-electron chi connectivity index (χ1n) is 10.1. The molecule has 5 nitrogen and oxygen atoms in total. The number of sulfonamides is 1. The molecule has 1 atom stereocenters. The SMILES string of the molecule is Cc1cc(C)c(S(=O)(=O)N2CCC(C(=O)N[C@@H](C)c3ccccc3)CC2)c(C)c1. The minimum atomic E-state index is -3.55. The highest BCUT2D eigenvalue weighted by molar-refractivity contribution is 7.89. The first kappa shape index (κ1) is 21.5. The van der Waals surface area contributed by atoms with Crippen LogP contribution in [0.15, 0.2) is 47.4 Å². The summed E-state index contributed by atoms with van der Waals surface area (Å²) in [5.41, 5.74) is 3.67. The van der Waals surface area contributed by atoms with Gasteiger partial charge in [-0.1, -0.05) is 48.0 Å². The van der Waals surface area contributed by atoms with Crippen LogP contribution in [0.4, 0.5) is 0 Å². The van der Waals surface area contributed by atoms with E-state index >= 15 is 0 Å². The lowest BCUT2D eigenvalue weighted by molar-refractivity contribution is -0.126. The molecule has 1 N–H and O–H groups in total. The van der Waals surface area contributed by atoms with E-state index in [0.29, 0.717) is 30.8 Å². The second-order valence-electron chi connectivity index (χ2n) is 8.05. The molecule has 6 heteroatoms. The van der Waals surface area contributed by atoms with Crippen LogP contribution in [0.1, 0.15) is 48.1 Å². The fourth-order valence-electron chi connectivity index (χ4n) is 4.22. The number of piperidine rings is 1. The molecule has 1 aliphatic rings. The largest absolute Gasteiger partial charge is 0.349 e. The van der Waals surface area contributed by atoms with Gasteiger partial charge in [-0.25, -0.2) is 8.42 Å². The van der Waals surface area contributed by atoms with Crippen LogP contribution >= 0.6 is 0 Å². The molecule has 1 saturated heterocycles. The number of hydrogen-bond donors (Lipinski definition) is 1. The zero-order chi connectivity index (χ0) is 21.2. The summed E-state index contributed by atoms with van der Waals surface area (Å²) in [6.45, 7) is 8.36. The van der Waals surface area contributed by atoms with Crippen LogP contribution in [0, 0.1) is 26.7 Å². The van der Waals surface area contributed by atoms with Crippen LogP contribution in [-0.4, -0.2) is 31.7 Å². The number of rotatable bonds is 5. The number of amides is 1. The van der Waals surface area contributed by atoms with E-state index in [-0.39, 0.29) is 17.9 Å². The topological polar surface area (TPSA) is 66.5 Å². The van der Waals surface area contributed by atoms with Gasteiger partial charge in [0.05, 0.1) is 10.9 Å². The minimum absolute atomic E-state index is 0.00102. The van der Waals surface area contributed by atoms with E-state index in [1.165, 1.54) is 4.31 Å². The number of hydrogen-bond acceptors (Lipinski definition) is 3. The summed E-state index contributed by atoms with van der Waals surface area (Å²) in [7, 11) is -3.55. The van der Waals surface area contributed by atoms with Gasteiger partial charge in [-0.15, -0.1) is 0 Å². The van der Waals surface area contributed by atoms with Crippen LogP contribution in [0.3, 0.4) is 0 Å². The van der Waals surface area contributed by atoms with Crippen molar-refractivity contribution >= 4 is 15.9 Å². The van der Waals surface area contributed by atoms with Crippen LogP contribution in [0.25, 0.3) is 0 Å². The molecule has 0 saturated carbocycles. The van der Waals surface area contributed by atoms with Gasteiger partial charge in [-0.2, -0.15) is 4.31 Å². The molecule has 0 unspecified atom stereocenters. The third-order valence-corrected chi connectivity index (χ3v) is 7.89. The Hall–Kier alpha value is -2.18. The summed E-state index contributed by atoms with van der Waals surface area (Å²) in [5.74, 6) is -0.158. The molecule has 0 bridgehead atoms. The maximum atomic E-state index is 13.2. The van der Waals surface area contributed by atoms with Crippen molar-refractivity contribution in [3.63, 3.8) is 0 Å². The Morgan fingerprint density at radius 2 is 1.59 bits per heavy atom. The highest BCUT2D eigenvalue weighted by Gasteiger charge is 2.34. The average Bonchev–Trinajstić information content (AvgIpc) is 2.67. The zero-order valence-corrected chi connectivity index (χ0v) is 18.4. The summed E-state index contributed by atoms with van der Waals surface area (Å²) in [5, 5.41) is 3.07. The van der Waals surface area contributed by atoms with E-state index in [2.05, 4.69) is 5.32 Å². The molecule has 156 valence electrons. The molecular formula is C23H30N2O3S. The summed E-state index contributed by atoms with van der Waals surface area (Å²) in [6.07, 6.45) is 1.08. The molecule has 0 radical (unpaired) electrons. The van der Waals surface area contributed by atoms with Crippen molar-refractivity contribution < 1.29 is 13.2 Å². The second kappa shape index (κ2) is 8.67. The van der Waals surface area contributed by atoms with Gasteiger partial charge in [-0.3, -0.25) is 4.79 Å². The maximum Gasteiger partial charge on any atom is 0.243 e. The molecule has 0 spiro atoms. The Balaban J connectivity index is 1.65. The summed E-state index contributed by atoms with van der Waals surface area (Å²) in [6, 6.07) is 13.6. The van der Waals surface area contributed by atoms with Gasteiger partial charge in [0.2, 0.25) is 15.9 Å². The zero-order valence-electron chi connectivity index (χ0n) is 17.6. The third kappa shape index (κ3) is 4.70. The Labute approximate surface area is 174 Å². The number of nitrogens with zero attached hydrogens (tertiary/aromatic N) is 1. The van der Waals surface area contributed by atoms with Crippen molar-refractivity contribution in [3.05, 3.63) is 64.7 Å². The summed E-state index contributed by atoms with van der Waals surface area (Å²) >= 11 is 0. The van der Waals surface area contributed by atoms with Gasteiger partial charge in [0, 0.05) is 19.0 Å². The van der Waals surface area contributed by atoms with Gasteiger partial charge in [0.1, 0.15) is 0 Å². The third-order valence-electron chi connectivity index (χ3n) is 5.69. The molecule has 1 heterocycles. The highest BCUT2D eigenvalue weighted by Crippen LogP contribution is 2.29. The first-order chi connectivity index (χ1) is 13.7.